The maximum absolute atomic E-state index is 13.1. The van der Waals surface area contributed by atoms with E-state index >= 15 is 0 Å². The zero-order valence-electron chi connectivity index (χ0n) is 16.2. The van der Waals surface area contributed by atoms with Gasteiger partial charge in [-0.3, -0.25) is 9.59 Å². The molecule has 0 bridgehead atoms. The first kappa shape index (κ1) is 19.0. The highest BCUT2D eigenvalue weighted by atomic mass is 16.6. The van der Waals surface area contributed by atoms with Crippen LogP contribution in [0.15, 0.2) is 16.9 Å². The Hall–Kier alpha value is -2.74. The highest BCUT2D eigenvalue weighted by molar-refractivity contribution is 5.93. The minimum Gasteiger partial charge on any atom is -0.493 e. The van der Waals surface area contributed by atoms with Gasteiger partial charge in [0.15, 0.2) is 17.6 Å². The van der Waals surface area contributed by atoms with Crippen LogP contribution in [0, 0.1) is 0 Å². The molecule has 1 aromatic carbocycles. The summed E-state index contributed by atoms with van der Waals surface area (Å²) in [7, 11) is 4.56. The number of hydrogen-bond donors (Lipinski definition) is 1. The van der Waals surface area contributed by atoms with Gasteiger partial charge in [0.25, 0.3) is 5.56 Å². The number of hydrogen-bond acceptors (Lipinski definition) is 7. The Balaban J connectivity index is 2.45. The van der Waals surface area contributed by atoms with Gasteiger partial charge in [-0.15, -0.1) is 0 Å². The molecule has 27 heavy (non-hydrogen) atoms. The Kier molecular flexibility index (Phi) is 4.55. The third kappa shape index (κ3) is 2.80. The normalized spacial score (nSPS) is 20.6. The number of fused-ring (bicyclic) bond motifs is 3. The van der Waals surface area contributed by atoms with Crippen molar-refractivity contribution in [3.63, 3.8) is 0 Å². The molecular weight excluding hydrogens is 354 g/mol. The molecule has 1 N–H and O–H groups in total. The van der Waals surface area contributed by atoms with E-state index in [1.54, 1.807) is 33.0 Å². The van der Waals surface area contributed by atoms with Crippen LogP contribution >= 0.6 is 0 Å². The summed E-state index contributed by atoms with van der Waals surface area (Å²) in [6, 6.07) is 3.45. The predicted molar refractivity (Wildman–Crippen MR) is 97.5 cm³/mol. The standard InChI is InChI=1S/C19H23NO7/c1-9(21)26-16-12-14(27-19(2,3)17(16)22)10-7-8-11(24-5)15(25-6)13(10)20(4)18(12)23/h7-8,16-17,22H,1-6H3. The zero-order chi connectivity index (χ0) is 20.1. The summed E-state index contributed by atoms with van der Waals surface area (Å²) in [6.07, 6.45) is -2.35. The van der Waals surface area contributed by atoms with E-state index in [2.05, 4.69) is 0 Å². The molecule has 3 rings (SSSR count). The summed E-state index contributed by atoms with van der Waals surface area (Å²) < 4.78 is 23.5. The third-order valence-electron chi connectivity index (χ3n) is 4.82. The average Bonchev–Trinajstić information content (AvgIpc) is 2.61. The first-order valence-electron chi connectivity index (χ1n) is 8.46. The van der Waals surface area contributed by atoms with Crippen LogP contribution in [0.1, 0.15) is 32.4 Å². The topological polar surface area (TPSA) is 96.2 Å². The number of pyridine rings is 1. The number of aryl methyl sites for hydroxylation is 1. The molecular formula is C19H23NO7. The second-order valence-electron chi connectivity index (χ2n) is 6.98. The molecule has 146 valence electrons. The molecule has 8 nitrogen and oxygen atoms in total. The number of rotatable bonds is 3. The average molecular weight is 377 g/mol. The first-order chi connectivity index (χ1) is 12.6. The van der Waals surface area contributed by atoms with Crippen molar-refractivity contribution in [2.75, 3.05) is 14.2 Å². The summed E-state index contributed by atoms with van der Waals surface area (Å²) in [5.74, 6) is 0.508. The number of ether oxygens (including phenoxy) is 4. The molecule has 2 aromatic rings. The van der Waals surface area contributed by atoms with Crippen molar-refractivity contribution in [2.45, 2.75) is 38.6 Å². The molecule has 2 atom stereocenters. The summed E-state index contributed by atoms with van der Waals surface area (Å²) in [5, 5.41) is 11.3. The van der Waals surface area contributed by atoms with E-state index in [0.29, 0.717) is 22.4 Å². The predicted octanol–water partition coefficient (Wildman–Crippen LogP) is 1.69. The maximum atomic E-state index is 13.1. The molecule has 8 heteroatoms. The number of benzene rings is 1. The molecule has 2 unspecified atom stereocenters. The molecule has 0 radical (unpaired) electrons. The molecule has 0 spiro atoms. The maximum Gasteiger partial charge on any atom is 0.303 e. The van der Waals surface area contributed by atoms with E-state index in [0.717, 1.165) is 0 Å². The lowest BCUT2D eigenvalue weighted by atomic mass is 9.88. The Morgan fingerprint density at radius 3 is 2.48 bits per heavy atom. The van der Waals surface area contributed by atoms with Crippen LogP contribution in [0.5, 0.6) is 17.2 Å². The van der Waals surface area contributed by atoms with Gasteiger partial charge in [-0.1, -0.05) is 0 Å². The molecule has 1 aliphatic rings. The van der Waals surface area contributed by atoms with Gasteiger partial charge in [0.05, 0.1) is 14.2 Å². The van der Waals surface area contributed by atoms with E-state index in [9.17, 15) is 14.7 Å². The van der Waals surface area contributed by atoms with Crippen molar-refractivity contribution in [3.8, 4) is 17.2 Å². The lowest BCUT2D eigenvalue weighted by Crippen LogP contribution is -2.51. The van der Waals surface area contributed by atoms with Crippen molar-refractivity contribution in [1.29, 1.82) is 0 Å². The van der Waals surface area contributed by atoms with Crippen LogP contribution in [0.25, 0.3) is 10.9 Å². The van der Waals surface area contributed by atoms with Gasteiger partial charge in [-0.25, -0.2) is 0 Å². The minimum atomic E-state index is -1.21. The quantitative estimate of drug-likeness (QED) is 0.813. The number of methoxy groups -OCH3 is 2. The van der Waals surface area contributed by atoms with E-state index in [1.165, 1.54) is 25.7 Å². The molecule has 1 aromatic heterocycles. The number of aliphatic hydroxyl groups excluding tert-OH is 1. The molecule has 0 aliphatic carbocycles. The fraction of sp³-hybridized carbons (Fsp3) is 0.474. The van der Waals surface area contributed by atoms with Gasteiger partial charge in [0, 0.05) is 19.4 Å². The van der Waals surface area contributed by atoms with Crippen LogP contribution in [0.4, 0.5) is 0 Å². The van der Waals surface area contributed by atoms with Gasteiger partial charge >= 0.3 is 5.97 Å². The fourth-order valence-corrected chi connectivity index (χ4v) is 3.46. The van der Waals surface area contributed by atoms with Gasteiger partial charge in [0.1, 0.15) is 28.5 Å². The van der Waals surface area contributed by atoms with Crippen molar-refractivity contribution in [3.05, 3.63) is 28.0 Å². The first-order valence-corrected chi connectivity index (χ1v) is 8.46. The number of nitrogens with zero attached hydrogens (tertiary/aromatic N) is 1. The van der Waals surface area contributed by atoms with Crippen molar-refractivity contribution >= 4 is 16.9 Å². The van der Waals surface area contributed by atoms with Gasteiger partial charge < -0.3 is 28.6 Å². The number of carbonyl (C=O) groups excluding carboxylic acids is 1. The van der Waals surface area contributed by atoms with E-state index in [1.807, 2.05) is 0 Å². The Labute approximate surface area is 156 Å². The van der Waals surface area contributed by atoms with E-state index in [4.69, 9.17) is 18.9 Å². The highest BCUT2D eigenvalue weighted by Crippen LogP contribution is 2.46. The number of aliphatic hydroxyl groups is 1. The summed E-state index contributed by atoms with van der Waals surface area (Å²) in [6.45, 7) is 4.57. The van der Waals surface area contributed by atoms with Gasteiger partial charge in [0.2, 0.25) is 0 Å². The van der Waals surface area contributed by atoms with Crippen LogP contribution in [0.3, 0.4) is 0 Å². The van der Waals surface area contributed by atoms with Gasteiger partial charge in [-0.05, 0) is 26.0 Å². The smallest absolute Gasteiger partial charge is 0.303 e. The van der Waals surface area contributed by atoms with Crippen LogP contribution in [0.2, 0.25) is 0 Å². The number of aromatic nitrogens is 1. The molecule has 0 amide bonds. The third-order valence-corrected chi connectivity index (χ3v) is 4.82. The van der Waals surface area contributed by atoms with Crippen LogP contribution in [-0.2, 0) is 16.6 Å². The second kappa shape index (κ2) is 6.45. The van der Waals surface area contributed by atoms with Crippen molar-refractivity contribution < 1.29 is 28.8 Å². The van der Waals surface area contributed by atoms with Crippen LogP contribution in [-0.4, -0.2) is 41.6 Å². The zero-order valence-corrected chi connectivity index (χ0v) is 16.2. The number of carbonyl (C=O) groups is 1. The van der Waals surface area contributed by atoms with Crippen LogP contribution < -0.4 is 19.8 Å². The summed E-state index contributed by atoms with van der Waals surface area (Å²) >= 11 is 0. The lowest BCUT2D eigenvalue weighted by molar-refractivity contribution is -0.168. The second-order valence-corrected chi connectivity index (χ2v) is 6.98. The Morgan fingerprint density at radius 1 is 1.26 bits per heavy atom. The molecule has 0 saturated carbocycles. The molecule has 1 aliphatic heterocycles. The SMILES string of the molecule is COc1ccc2c3c(c(=O)n(C)c2c1OC)C(OC(C)=O)C(O)C(C)(C)O3. The monoisotopic (exact) mass is 377 g/mol. The van der Waals surface area contributed by atoms with Gasteiger partial charge in [-0.2, -0.15) is 0 Å². The van der Waals surface area contributed by atoms with E-state index < -0.39 is 29.3 Å². The summed E-state index contributed by atoms with van der Waals surface area (Å²) in [4.78, 5) is 24.7. The number of esters is 1. The lowest BCUT2D eigenvalue weighted by Gasteiger charge is -2.41. The summed E-state index contributed by atoms with van der Waals surface area (Å²) in [5.41, 5.74) is -0.960. The molecule has 0 fully saturated rings. The van der Waals surface area contributed by atoms with Crippen molar-refractivity contribution in [1.82, 2.24) is 4.57 Å². The highest BCUT2D eigenvalue weighted by Gasteiger charge is 2.47. The largest absolute Gasteiger partial charge is 0.493 e. The molecule has 2 heterocycles. The Morgan fingerprint density at radius 2 is 1.93 bits per heavy atom. The van der Waals surface area contributed by atoms with Crippen molar-refractivity contribution in [2.24, 2.45) is 7.05 Å². The van der Waals surface area contributed by atoms with E-state index in [-0.39, 0.29) is 11.3 Å². The Bertz CT molecular complexity index is 976. The fourth-order valence-electron chi connectivity index (χ4n) is 3.46. The molecule has 0 saturated heterocycles. The minimum absolute atomic E-state index is 0.0965.